The van der Waals surface area contributed by atoms with Crippen molar-refractivity contribution in [3.63, 3.8) is 0 Å². The van der Waals surface area contributed by atoms with Gasteiger partial charge < -0.3 is 17.2 Å². The van der Waals surface area contributed by atoms with Crippen LogP contribution >= 0.6 is 0 Å². The van der Waals surface area contributed by atoms with Crippen LogP contribution in [0.25, 0.3) is 5.69 Å². The Morgan fingerprint density at radius 2 is 1.83 bits per heavy atom. The standard InChI is InChI=1S/C11H11N5O2/c12-7-2-1-6(10(13)17)5-9(7)16-4-3-8(15-16)11(14)18/h1-5H,12H2,(H2,13,17)(H2,14,18). The molecule has 0 saturated carbocycles. The van der Waals surface area contributed by atoms with Crippen molar-refractivity contribution in [1.82, 2.24) is 9.78 Å². The molecule has 0 unspecified atom stereocenters. The lowest BCUT2D eigenvalue weighted by molar-refractivity contribution is 0.0988. The van der Waals surface area contributed by atoms with E-state index in [-0.39, 0.29) is 5.69 Å². The second-order valence-electron chi connectivity index (χ2n) is 3.65. The molecule has 2 amide bonds. The molecule has 0 aliphatic carbocycles. The number of nitrogen functional groups attached to an aromatic ring is 1. The number of rotatable bonds is 3. The molecule has 2 rings (SSSR count). The molecule has 0 spiro atoms. The second-order valence-corrected chi connectivity index (χ2v) is 3.65. The summed E-state index contributed by atoms with van der Waals surface area (Å²) in [7, 11) is 0. The molecule has 18 heavy (non-hydrogen) atoms. The molecule has 0 atom stereocenters. The molecule has 6 N–H and O–H groups in total. The normalized spacial score (nSPS) is 10.2. The highest BCUT2D eigenvalue weighted by atomic mass is 16.1. The quantitative estimate of drug-likeness (QED) is 0.638. The van der Waals surface area contributed by atoms with Crippen LogP contribution in [0.4, 0.5) is 5.69 Å². The van der Waals surface area contributed by atoms with Gasteiger partial charge >= 0.3 is 0 Å². The fraction of sp³-hybridized carbons (Fsp3) is 0. The second kappa shape index (κ2) is 4.21. The Morgan fingerprint density at radius 3 is 2.39 bits per heavy atom. The first-order valence-electron chi connectivity index (χ1n) is 5.04. The van der Waals surface area contributed by atoms with Gasteiger partial charge in [-0.2, -0.15) is 5.10 Å². The first-order chi connectivity index (χ1) is 8.49. The van der Waals surface area contributed by atoms with E-state index in [2.05, 4.69) is 5.10 Å². The predicted octanol–water partition coefficient (Wildman–Crippen LogP) is -0.348. The molecule has 0 saturated heterocycles. The van der Waals surface area contributed by atoms with Gasteiger partial charge in [0.2, 0.25) is 5.91 Å². The van der Waals surface area contributed by atoms with Gasteiger partial charge in [0.1, 0.15) is 5.69 Å². The van der Waals surface area contributed by atoms with E-state index in [1.807, 2.05) is 0 Å². The zero-order valence-corrected chi connectivity index (χ0v) is 9.33. The topological polar surface area (TPSA) is 130 Å². The summed E-state index contributed by atoms with van der Waals surface area (Å²) >= 11 is 0. The molecule has 0 fully saturated rings. The highest BCUT2D eigenvalue weighted by Gasteiger charge is 2.10. The fourth-order valence-electron chi connectivity index (χ4n) is 1.48. The van der Waals surface area contributed by atoms with E-state index in [0.717, 1.165) is 0 Å². The molecule has 0 radical (unpaired) electrons. The summed E-state index contributed by atoms with van der Waals surface area (Å²) in [5.41, 5.74) is 17.3. The van der Waals surface area contributed by atoms with Crippen molar-refractivity contribution in [2.45, 2.75) is 0 Å². The maximum atomic E-state index is 11.1. The number of hydrogen-bond acceptors (Lipinski definition) is 4. The van der Waals surface area contributed by atoms with Gasteiger partial charge in [-0.1, -0.05) is 0 Å². The van der Waals surface area contributed by atoms with E-state index in [0.29, 0.717) is 16.9 Å². The molecule has 1 aromatic heterocycles. The monoisotopic (exact) mass is 245 g/mol. The molecule has 7 nitrogen and oxygen atoms in total. The molecule has 0 aliphatic heterocycles. The van der Waals surface area contributed by atoms with Crippen LogP contribution < -0.4 is 17.2 Å². The summed E-state index contributed by atoms with van der Waals surface area (Å²) in [5, 5.41) is 3.95. The Morgan fingerprint density at radius 1 is 1.11 bits per heavy atom. The minimum absolute atomic E-state index is 0.110. The Bertz CT molecular complexity index is 632. The van der Waals surface area contributed by atoms with Crippen LogP contribution in [-0.4, -0.2) is 21.6 Å². The summed E-state index contributed by atoms with van der Waals surface area (Å²) < 4.78 is 1.36. The Hall–Kier alpha value is -2.83. The molecule has 1 heterocycles. The van der Waals surface area contributed by atoms with Gasteiger partial charge in [0.25, 0.3) is 5.91 Å². The third-order valence-corrected chi connectivity index (χ3v) is 2.40. The number of primary amides is 2. The minimum atomic E-state index is -0.640. The first-order valence-corrected chi connectivity index (χ1v) is 5.04. The van der Waals surface area contributed by atoms with Gasteiger partial charge in [-0.3, -0.25) is 9.59 Å². The SMILES string of the molecule is NC(=O)c1ccc(N)c(-n2ccc(C(N)=O)n2)c1. The number of anilines is 1. The van der Waals surface area contributed by atoms with Crippen molar-refractivity contribution in [3.05, 3.63) is 41.7 Å². The van der Waals surface area contributed by atoms with Gasteiger partial charge in [-0.25, -0.2) is 4.68 Å². The zero-order chi connectivity index (χ0) is 13.3. The summed E-state index contributed by atoms with van der Waals surface area (Å²) in [6, 6.07) is 6.01. The van der Waals surface area contributed by atoms with E-state index in [9.17, 15) is 9.59 Å². The van der Waals surface area contributed by atoms with E-state index in [4.69, 9.17) is 17.2 Å². The van der Waals surface area contributed by atoms with Crippen molar-refractivity contribution in [3.8, 4) is 5.69 Å². The summed E-state index contributed by atoms with van der Waals surface area (Å²) in [6.07, 6.45) is 1.52. The molecule has 2 aromatic rings. The third kappa shape index (κ3) is 2.01. The van der Waals surface area contributed by atoms with Gasteiger partial charge in [-0.05, 0) is 24.3 Å². The van der Waals surface area contributed by atoms with E-state index >= 15 is 0 Å². The smallest absolute Gasteiger partial charge is 0.269 e. The zero-order valence-electron chi connectivity index (χ0n) is 9.33. The molecular formula is C11H11N5O2. The van der Waals surface area contributed by atoms with Crippen LogP contribution in [0.1, 0.15) is 20.8 Å². The third-order valence-electron chi connectivity index (χ3n) is 2.40. The van der Waals surface area contributed by atoms with E-state index < -0.39 is 11.8 Å². The molecule has 7 heteroatoms. The summed E-state index contributed by atoms with van der Waals surface area (Å²) in [6.45, 7) is 0. The lowest BCUT2D eigenvalue weighted by Crippen LogP contribution is -2.14. The van der Waals surface area contributed by atoms with Crippen molar-refractivity contribution in [2.75, 3.05) is 5.73 Å². The molecule has 92 valence electrons. The highest BCUT2D eigenvalue weighted by molar-refractivity contribution is 5.94. The van der Waals surface area contributed by atoms with Gasteiger partial charge in [0, 0.05) is 11.8 Å². The van der Waals surface area contributed by atoms with Gasteiger partial charge in [0.15, 0.2) is 0 Å². The number of aromatic nitrogens is 2. The van der Waals surface area contributed by atoms with E-state index in [1.54, 1.807) is 6.07 Å². The molecular weight excluding hydrogens is 234 g/mol. The van der Waals surface area contributed by atoms with Crippen molar-refractivity contribution < 1.29 is 9.59 Å². The van der Waals surface area contributed by atoms with Gasteiger partial charge in [0.05, 0.1) is 11.4 Å². The number of hydrogen-bond donors (Lipinski definition) is 3. The summed E-state index contributed by atoms with van der Waals surface area (Å²) in [4.78, 5) is 22.0. The van der Waals surface area contributed by atoms with Crippen LogP contribution in [0.2, 0.25) is 0 Å². The summed E-state index contributed by atoms with van der Waals surface area (Å²) in [5.74, 6) is -1.21. The lowest BCUT2D eigenvalue weighted by Gasteiger charge is -2.06. The largest absolute Gasteiger partial charge is 0.397 e. The number of carbonyl (C=O) groups excluding carboxylic acids is 2. The molecule has 0 bridgehead atoms. The van der Waals surface area contributed by atoms with Crippen LogP contribution in [0.15, 0.2) is 30.5 Å². The fourth-order valence-corrected chi connectivity index (χ4v) is 1.48. The van der Waals surface area contributed by atoms with Crippen LogP contribution in [0, 0.1) is 0 Å². The predicted molar refractivity (Wildman–Crippen MR) is 65.0 cm³/mol. The Labute approximate surface area is 102 Å². The number of amides is 2. The van der Waals surface area contributed by atoms with Crippen molar-refractivity contribution in [1.29, 1.82) is 0 Å². The maximum absolute atomic E-state index is 11.1. The average Bonchev–Trinajstić information content (AvgIpc) is 2.78. The average molecular weight is 245 g/mol. The minimum Gasteiger partial charge on any atom is -0.397 e. The first kappa shape index (κ1) is 11.6. The van der Waals surface area contributed by atoms with Crippen LogP contribution in [-0.2, 0) is 0 Å². The number of benzene rings is 1. The number of nitrogens with two attached hydrogens (primary N) is 3. The Balaban J connectivity index is 2.51. The van der Waals surface area contributed by atoms with Gasteiger partial charge in [-0.15, -0.1) is 0 Å². The highest BCUT2D eigenvalue weighted by Crippen LogP contribution is 2.18. The van der Waals surface area contributed by atoms with Crippen LogP contribution in [0.3, 0.4) is 0 Å². The van der Waals surface area contributed by atoms with Crippen molar-refractivity contribution in [2.24, 2.45) is 11.5 Å². The molecule has 1 aromatic carbocycles. The molecule has 0 aliphatic rings. The maximum Gasteiger partial charge on any atom is 0.269 e. The number of nitrogens with zero attached hydrogens (tertiary/aromatic N) is 2. The number of carbonyl (C=O) groups is 2. The van der Waals surface area contributed by atoms with Crippen molar-refractivity contribution >= 4 is 17.5 Å². The van der Waals surface area contributed by atoms with Crippen LogP contribution in [0.5, 0.6) is 0 Å². The lowest BCUT2D eigenvalue weighted by atomic mass is 10.1. The van der Waals surface area contributed by atoms with E-state index in [1.165, 1.54) is 29.1 Å². The Kier molecular flexibility index (Phi) is 2.72.